The molecule has 0 bridgehead atoms. The first-order valence-corrected chi connectivity index (χ1v) is 5.75. The fraction of sp³-hybridized carbons (Fsp3) is 0.182. The first-order chi connectivity index (χ1) is 9.99. The van der Waals surface area contributed by atoms with Crippen molar-refractivity contribution in [3.05, 3.63) is 51.6 Å². The summed E-state index contributed by atoms with van der Waals surface area (Å²) in [5.74, 6) is -2.80. The molecule has 0 saturated carbocycles. The number of nitro groups is 1. The van der Waals surface area contributed by atoms with Gasteiger partial charge >= 0.3 is 5.69 Å². The lowest BCUT2D eigenvalue weighted by Gasteiger charge is -2.05. The Morgan fingerprint density at radius 1 is 1.38 bits per heavy atom. The second kappa shape index (κ2) is 6.03. The van der Waals surface area contributed by atoms with Crippen molar-refractivity contribution in [2.45, 2.75) is 6.42 Å². The Balaban J connectivity index is 2.05. The van der Waals surface area contributed by atoms with Crippen LogP contribution in [0.5, 0.6) is 0 Å². The molecule has 0 fully saturated rings. The van der Waals surface area contributed by atoms with Gasteiger partial charge in [-0.15, -0.1) is 0 Å². The van der Waals surface area contributed by atoms with Gasteiger partial charge in [-0.25, -0.2) is 9.37 Å². The molecule has 110 valence electrons. The van der Waals surface area contributed by atoms with Crippen molar-refractivity contribution >= 4 is 11.6 Å². The van der Waals surface area contributed by atoms with E-state index in [4.69, 9.17) is 0 Å². The van der Waals surface area contributed by atoms with Crippen LogP contribution in [0.2, 0.25) is 0 Å². The van der Waals surface area contributed by atoms with Crippen LogP contribution >= 0.6 is 0 Å². The summed E-state index contributed by atoms with van der Waals surface area (Å²) in [6, 6.07) is 0.873. The quantitative estimate of drug-likeness (QED) is 0.630. The molecule has 0 atom stereocenters. The largest absolute Gasteiger partial charge is 0.351 e. The fourth-order valence-corrected chi connectivity index (χ4v) is 1.59. The zero-order chi connectivity index (χ0) is 15.4. The van der Waals surface area contributed by atoms with E-state index in [0.29, 0.717) is 24.4 Å². The molecule has 2 N–H and O–H groups in total. The third kappa shape index (κ3) is 3.35. The number of aromatic nitrogens is 3. The molecule has 1 heterocycles. The molecule has 0 radical (unpaired) electrons. The SMILES string of the molecule is O=C(NCCc1ncn[nH]1)c1cc(F)c([N+](=O)[O-])cc1F. The number of nitrogens with one attached hydrogen (secondary N) is 2. The second-order valence-electron chi connectivity index (χ2n) is 3.98. The molecule has 0 aliphatic heterocycles. The van der Waals surface area contributed by atoms with Gasteiger partial charge in [0.15, 0.2) is 0 Å². The summed E-state index contributed by atoms with van der Waals surface area (Å²) in [5.41, 5.74) is -1.62. The van der Waals surface area contributed by atoms with Gasteiger partial charge in [-0.3, -0.25) is 20.0 Å². The van der Waals surface area contributed by atoms with Gasteiger partial charge in [-0.05, 0) is 6.07 Å². The number of halogens is 2. The molecule has 2 aromatic rings. The van der Waals surface area contributed by atoms with Crippen molar-refractivity contribution in [2.24, 2.45) is 0 Å². The highest BCUT2D eigenvalue weighted by Crippen LogP contribution is 2.21. The molecule has 10 heteroatoms. The third-order valence-corrected chi connectivity index (χ3v) is 2.59. The lowest BCUT2D eigenvalue weighted by molar-refractivity contribution is -0.387. The van der Waals surface area contributed by atoms with Crippen LogP contribution in [-0.4, -0.2) is 32.6 Å². The average molecular weight is 297 g/mol. The molecule has 1 amide bonds. The van der Waals surface area contributed by atoms with Crippen LogP contribution in [0.25, 0.3) is 0 Å². The fourth-order valence-electron chi connectivity index (χ4n) is 1.59. The van der Waals surface area contributed by atoms with Gasteiger partial charge < -0.3 is 5.32 Å². The van der Waals surface area contributed by atoms with Gasteiger partial charge in [0, 0.05) is 13.0 Å². The molecule has 0 unspecified atom stereocenters. The second-order valence-corrected chi connectivity index (χ2v) is 3.98. The van der Waals surface area contributed by atoms with E-state index < -0.39 is 33.7 Å². The maximum atomic E-state index is 13.6. The van der Waals surface area contributed by atoms with E-state index in [1.165, 1.54) is 6.33 Å². The van der Waals surface area contributed by atoms with Gasteiger partial charge in [0.25, 0.3) is 5.91 Å². The first-order valence-electron chi connectivity index (χ1n) is 5.75. The van der Waals surface area contributed by atoms with E-state index in [1.807, 2.05) is 0 Å². The van der Waals surface area contributed by atoms with Crippen LogP contribution in [-0.2, 0) is 6.42 Å². The first kappa shape index (κ1) is 14.5. The minimum absolute atomic E-state index is 0.117. The topological polar surface area (TPSA) is 114 Å². The molecule has 8 nitrogen and oxygen atoms in total. The number of H-pyrrole nitrogens is 1. The smallest absolute Gasteiger partial charge is 0.307 e. The Kier molecular flexibility index (Phi) is 4.16. The summed E-state index contributed by atoms with van der Waals surface area (Å²) < 4.78 is 27.0. The zero-order valence-corrected chi connectivity index (χ0v) is 10.5. The lowest BCUT2D eigenvalue weighted by Crippen LogP contribution is -2.27. The number of carbonyl (C=O) groups is 1. The van der Waals surface area contributed by atoms with E-state index in [-0.39, 0.29) is 6.54 Å². The third-order valence-electron chi connectivity index (χ3n) is 2.59. The summed E-state index contributed by atoms with van der Waals surface area (Å²) in [7, 11) is 0. The Labute approximate surface area is 116 Å². The molecule has 1 aromatic heterocycles. The molecular formula is C11H9F2N5O3. The molecule has 21 heavy (non-hydrogen) atoms. The number of nitro benzene ring substituents is 1. The van der Waals surface area contributed by atoms with Crippen LogP contribution in [0.3, 0.4) is 0 Å². The Hall–Kier alpha value is -2.91. The van der Waals surface area contributed by atoms with Crippen molar-refractivity contribution in [1.82, 2.24) is 20.5 Å². The highest BCUT2D eigenvalue weighted by atomic mass is 19.1. The van der Waals surface area contributed by atoms with Crippen LogP contribution < -0.4 is 5.32 Å². The normalized spacial score (nSPS) is 10.4. The number of aromatic amines is 1. The highest BCUT2D eigenvalue weighted by Gasteiger charge is 2.21. The van der Waals surface area contributed by atoms with E-state index in [9.17, 15) is 23.7 Å². The molecule has 1 aromatic carbocycles. The molecule has 0 saturated heterocycles. The van der Waals surface area contributed by atoms with Crippen LogP contribution in [0, 0.1) is 21.7 Å². The van der Waals surface area contributed by atoms with Crippen LogP contribution in [0.1, 0.15) is 16.2 Å². The van der Waals surface area contributed by atoms with Crippen LogP contribution in [0.15, 0.2) is 18.5 Å². The molecule has 0 spiro atoms. The number of benzene rings is 1. The molecule has 2 rings (SSSR count). The Bertz CT molecular complexity index is 675. The summed E-state index contributed by atoms with van der Waals surface area (Å²) in [6.07, 6.45) is 1.62. The average Bonchev–Trinajstić information content (AvgIpc) is 2.93. The maximum absolute atomic E-state index is 13.6. The van der Waals surface area contributed by atoms with Crippen LogP contribution in [0.4, 0.5) is 14.5 Å². The van der Waals surface area contributed by atoms with Gasteiger partial charge in [0.2, 0.25) is 5.82 Å². The predicted octanol–water partition coefficient (Wildman–Crippen LogP) is 0.964. The Morgan fingerprint density at radius 2 is 2.14 bits per heavy atom. The number of carbonyl (C=O) groups excluding carboxylic acids is 1. The minimum atomic E-state index is -1.28. The summed E-state index contributed by atoms with van der Waals surface area (Å²) in [5, 5.41) is 19.0. The standard InChI is InChI=1S/C11H9F2N5O3/c12-7-4-9(18(20)21)8(13)3-6(7)11(19)14-2-1-10-15-5-16-17-10/h3-5H,1-2H2,(H,14,19)(H,15,16,17). The summed E-state index contributed by atoms with van der Waals surface area (Å²) in [6.45, 7) is 0.117. The number of hydrogen-bond donors (Lipinski definition) is 2. The highest BCUT2D eigenvalue weighted by molar-refractivity contribution is 5.94. The van der Waals surface area contributed by atoms with E-state index in [1.54, 1.807) is 0 Å². The monoisotopic (exact) mass is 297 g/mol. The van der Waals surface area contributed by atoms with Gasteiger partial charge in [0.1, 0.15) is 18.0 Å². The van der Waals surface area contributed by atoms with Crippen molar-refractivity contribution in [3.63, 3.8) is 0 Å². The minimum Gasteiger partial charge on any atom is -0.351 e. The molecule has 0 aliphatic rings. The number of amides is 1. The summed E-state index contributed by atoms with van der Waals surface area (Å²) in [4.78, 5) is 24.9. The lowest BCUT2D eigenvalue weighted by atomic mass is 10.1. The van der Waals surface area contributed by atoms with E-state index in [2.05, 4.69) is 20.5 Å². The van der Waals surface area contributed by atoms with E-state index in [0.717, 1.165) is 0 Å². The molecule has 0 aliphatic carbocycles. The molecular weight excluding hydrogens is 288 g/mol. The maximum Gasteiger partial charge on any atom is 0.307 e. The zero-order valence-electron chi connectivity index (χ0n) is 10.5. The van der Waals surface area contributed by atoms with E-state index >= 15 is 0 Å². The number of hydrogen-bond acceptors (Lipinski definition) is 5. The number of rotatable bonds is 5. The van der Waals surface area contributed by atoms with Crippen molar-refractivity contribution < 1.29 is 18.5 Å². The summed E-state index contributed by atoms with van der Waals surface area (Å²) >= 11 is 0. The van der Waals surface area contributed by atoms with Gasteiger partial charge in [-0.1, -0.05) is 0 Å². The number of nitrogens with zero attached hydrogens (tertiary/aromatic N) is 3. The van der Waals surface area contributed by atoms with Crippen molar-refractivity contribution in [2.75, 3.05) is 6.54 Å². The van der Waals surface area contributed by atoms with Crippen molar-refractivity contribution in [1.29, 1.82) is 0 Å². The van der Waals surface area contributed by atoms with Gasteiger partial charge in [-0.2, -0.15) is 9.49 Å². The van der Waals surface area contributed by atoms with Gasteiger partial charge in [0.05, 0.1) is 16.6 Å². The predicted molar refractivity (Wildman–Crippen MR) is 65.4 cm³/mol. The Morgan fingerprint density at radius 3 is 2.76 bits per heavy atom. The van der Waals surface area contributed by atoms with Crippen molar-refractivity contribution in [3.8, 4) is 0 Å².